The molecular weight excluding hydrogens is 286 g/mol. The molecule has 0 amide bonds. The molecule has 2 aromatic rings. The first-order valence-corrected chi connectivity index (χ1v) is 7.21. The lowest BCUT2D eigenvalue weighted by Gasteiger charge is -2.15. The van der Waals surface area contributed by atoms with Crippen LogP contribution in [0.4, 0.5) is 11.4 Å². The van der Waals surface area contributed by atoms with Crippen molar-refractivity contribution < 1.29 is 9.66 Å². The van der Waals surface area contributed by atoms with Gasteiger partial charge in [-0.15, -0.1) is 0 Å². The molecule has 0 spiro atoms. The van der Waals surface area contributed by atoms with Crippen LogP contribution >= 0.6 is 0 Å². The van der Waals surface area contributed by atoms with Crippen LogP contribution in [0.2, 0.25) is 0 Å². The number of benzene rings is 1. The van der Waals surface area contributed by atoms with E-state index in [1.54, 1.807) is 31.3 Å². The molecule has 1 aliphatic rings. The number of hydrogen-bond acceptors (Lipinski definition) is 5. The van der Waals surface area contributed by atoms with E-state index in [4.69, 9.17) is 4.74 Å². The number of ether oxygens (including phenoxy) is 1. The largest absolute Gasteiger partial charge is 0.376 e. The zero-order valence-electron chi connectivity index (χ0n) is 12.2. The number of nitrogens with one attached hydrogen (secondary N) is 1. The molecular formula is C15H17N3O4. The Bertz CT molecular complexity index is 778. The third kappa shape index (κ3) is 2.43. The molecule has 0 aliphatic carbocycles. The van der Waals surface area contributed by atoms with Crippen molar-refractivity contribution >= 4 is 22.3 Å². The molecule has 0 unspecified atom stereocenters. The lowest BCUT2D eigenvalue weighted by molar-refractivity contribution is -0.385. The molecule has 22 heavy (non-hydrogen) atoms. The minimum absolute atomic E-state index is 0.0300. The van der Waals surface area contributed by atoms with Gasteiger partial charge in [-0.3, -0.25) is 14.9 Å². The molecule has 1 atom stereocenters. The lowest BCUT2D eigenvalue weighted by Crippen LogP contribution is -2.25. The monoisotopic (exact) mass is 303 g/mol. The molecule has 1 saturated heterocycles. The van der Waals surface area contributed by atoms with Crippen LogP contribution in [0.5, 0.6) is 0 Å². The summed E-state index contributed by atoms with van der Waals surface area (Å²) >= 11 is 0. The third-order valence-electron chi connectivity index (χ3n) is 3.99. The summed E-state index contributed by atoms with van der Waals surface area (Å²) in [5, 5.41) is 15.1. The SMILES string of the molecule is Cn1c(=O)c([N+](=O)[O-])c(NC[C@H]2CCCO2)c2ccccc21. The predicted octanol–water partition coefficient (Wildman–Crippen LogP) is 2.04. The summed E-state index contributed by atoms with van der Waals surface area (Å²) in [5.74, 6) is 0. The number of aryl methyl sites for hydroxylation is 1. The Morgan fingerprint density at radius 2 is 2.23 bits per heavy atom. The minimum atomic E-state index is -0.618. The van der Waals surface area contributed by atoms with Gasteiger partial charge in [0.1, 0.15) is 5.69 Å². The maximum absolute atomic E-state index is 12.3. The zero-order chi connectivity index (χ0) is 15.7. The second-order valence-electron chi connectivity index (χ2n) is 5.38. The first-order chi connectivity index (χ1) is 10.6. The molecule has 2 heterocycles. The average molecular weight is 303 g/mol. The maximum Gasteiger partial charge on any atom is 0.357 e. The molecule has 3 rings (SSSR count). The Hall–Kier alpha value is -2.41. The summed E-state index contributed by atoms with van der Waals surface area (Å²) < 4.78 is 6.84. The average Bonchev–Trinajstić information content (AvgIpc) is 3.02. The van der Waals surface area contributed by atoms with Gasteiger partial charge in [0, 0.05) is 25.6 Å². The number of hydrogen-bond donors (Lipinski definition) is 1. The van der Waals surface area contributed by atoms with Gasteiger partial charge in [0.05, 0.1) is 16.5 Å². The van der Waals surface area contributed by atoms with Crippen LogP contribution in [0.25, 0.3) is 10.9 Å². The highest BCUT2D eigenvalue weighted by Gasteiger charge is 2.25. The van der Waals surface area contributed by atoms with Crippen LogP contribution in [0.3, 0.4) is 0 Å². The Morgan fingerprint density at radius 3 is 2.91 bits per heavy atom. The summed E-state index contributed by atoms with van der Waals surface area (Å²) in [5.41, 5.74) is -0.0927. The van der Waals surface area contributed by atoms with Gasteiger partial charge in [0.15, 0.2) is 0 Å². The van der Waals surface area contributed by atoms with Crippen molar-refractivity contribution in [3.8, 4) is 0 Å². The Kier molecular flexibility index (Phi) is 3.81. The lowest BCUT2D eigenvalue weighted by atomic mass is 10.1. The first kappa shape index (κ1) is 14.5. The Balaban J connectivity index is 2.12. The van der Waals surface area contributed by atoms with Gasteiger partial charge in [-0.1, -0.05) is 18.2 Å². The molecule has 0 radical (unpaired) electrons. The van der Waals surface area contributed by atoms with E-state index in [9.17, 15) is 14.9 Å². The van der Waals surface area contributed by atoms with Gasteiger partial charge >= 0.3 is 11.2 Å². The van der Waals surface area contributed by atoms with E-state index < -0.39 is 16.2 Å². The highest BCUT2D eigenvalue weighted by molar-refractivity contribution is 5.96. The molecule has 1 fully saturated rings. The maximum atomic E-state index is 12.3. The van der Waals surface area contributed by atoms with Gasteiger partial charge in [-0.2, -0.15) is 0 Å². The smallest absolute Gasteiger partial charge is 0.357 e. The summed E-state index contributed by atoms with van der Waals surface area (Å²) in [4.78, 5) is 23.0. The molecule has 1 aliphatic heterocycles. The molecule has 0 saturated carbocycles. The fourth-order valence-corrected chi connectivity index (χ4v) is 2.85. The van der Waals surface area contributed by atoms with Crippen LogP contribution < -0.4 is 10.9 Å². The zero-order valence-corrected chi connectivity index (χ0v) is 12.2. The van der Waals surface area contributed by atoms with Crippen molar-refractivity contribution in [2.45, 2.75) is 18.9 Å². The van der Waals surface area contributed by atoms with Crippen molar-refractivity contribution in [1.29, 1.82) is 0 Å². The number of rotatable bonds is 4. The topological polar surface area (TPSA) is 86.4 Å². The van der Waals surface area contributed by atoms with Crippen molar-refractivity contribution in [2.75, 3.05) is 18.5 Å². The summed E-state index contributed by atoms with van der Waals surface area (Å²) in [6, 6.07) is 7.16. The molecule has 7 nitrogen and oxygen atoms in total. The number of fused-ring (bicyclic) bond motifs is 1. The van der Waals surface area contributed by atoms with E-state index in [0.717, 1.165) is 12.8 Å². The fraction of sp³-hybridized carbons (Fsp3) is 0.400. The molecule has 116 valence electrons. The highest BCUT2D eigenvalue weighted by Crippen LogP contribution is 2.30. The minimum Gasteiger partial charge on any atom is -0.376 e. The van der Waals surface area contributed by atoms with Crippen molar-refractivity contribution in [3.63, 3.8) is 0 Å². The number of para-hydroxylation sites is 1. The second-order valence-corrected chi connectivity index (χ2v) is 5.38. The van der Waals surface area contributed by atoms with Gasteiger partial charge in [0.2, 0.25) is 0 Å². The fourth-order valence-electron chi connectivity index (χ4n) is 2.85. The number of anilines is 1. The first-order valence-electron chi connectivity index (χ1n) is 7.21. The summed E-state index contributed by atoms with van der Waals surface area (Å²) in [6.45, 7) is 1.17. The van der Waals surface area contributed by atoms with Crippen molar-refractivity contribution in [3.05, 3.63) is 44.7 Å². The van der Waals surface area contributed by atoms with E-state index in [1.165, 1.54) is 4.57 Å². The van der Waals surface area contributed by atoms with E-state index in [-0.39, 0.29) is 11.8 Å². The third-order valence-corrected chi connectivity index (χ3v) is 3.99. The van der Waals surface area contributed by atoms with Crippen LogP contribution in [-0.2, 0) is 11.8 Å². The van der Waals surface area contributed by atoms with Gasteiger partial charge in [0.25, 0.3) is 0 Å². The normalized spacial score (nSPS) is 17.8. The second kappa shape index (κ2) is 5.76. The quantitative estimate of drug-likeness (QED) is 0.690. The van der Waals surface area contributed by atoms with Crippen LogP contribution in [0, 0.1) is 10.1 Å². The number of pyridine rings is 1. The van der Waals surface area contributed by atoms with Gasteiger partial charge in [-0.05, 0) is 18.9 Å². The number of nitrogens with zero attached hydrogens (tertiary/aromatic N) is 2. The van der Waals surface area contributed by atoms with E-state index in [1.807, 2.05) is 0 Å². The van der Waals surface area contributed by atoms with Crippen molar-refractivity contribution in [1.82, 2.24) is 4.57 Å². The number of nitro groups is 1. The summed E-state index contributed by atoms with van der Waals surface area (Å²) in [7, 11) is 1.54. The van der Waals surface area contributed by atoms with E-state index in [0.29, 0.717) is 24.1 Å². The summed E-state index contributed by atoms with van der Waals surface area (Å²) in [6.07, 6.45) is 1.94. The Labute approximate surface area is 126 Å². The molecule has 1 aromatic carbocycles. The van der Waals surface area contributed by atoms with Crippen LogP contribution in [0.15, 0.2) is 29.1 Å². The predicted molar refractivity (Wildman–Crippen MR) is 83.3 cm³/mol. The number of aromatic nitrogens is 1. The van der Waals surface area contributed by atoms with Gasteiger partial charge < -0.3 is 14.6 Å². The van der Waals surface area contributed by atoms with E-state index in [2.05, 4.69) is 5.32 Å². The molecule has 0 bridgehead atoms. The Morgan fingerprint density at radius 1 is 1.45 bits per heavy atom. The molecule has 7 heteroatoms. The van der Waals surface area contributed by atoms with Gasteiger partial charge in [-0.25, -0.2) is 0 Å². The molecule has 1 N–H and O–H groups in total. The van der Waals surface area contributed by atoms with Crippen molar-refractivity contribution in [2.24, 2.45) is 7.05 Å². The highest BCUT2D eigenvalue weighted by atomic mass is 16.6. The van der Waals surface area contributed by atoms with Crippen LogP contribution in [-0.4, -0.2) is 28.7 Å². The standard InChI is InChI=1S/C15H17N3O4/c1-17-12-7-3-2-6-11(12)13(14(15(17)19)18(20)21)16-9-10-5-4-8-22-10/h2-3,6-7,10,16H,4-5,8-9H2,1H3/t10-/m1/s1. The van der Waals surface area contributed by atoms with E-state index >= 15 is 0 Å². The van der Waals surface area contributed by atoms with Crippen LogP contribution in [0.1, 0.15) is 12.8 Å². The molecule has 1 aromatic heterocycles.